The number of fused-ring (bicyclic) bond motifs is 4. The van der Waals surface area contributed by atoms with E-state index in [1.54, 1.807) is 31.2 Å². The average Bonchev–Trinajstić information content (AvgIpc) is 2.79. The fraction of sp³-hybridized carbons (Fsp3) is 0.308. The molecule has 0 aromatic heterocycles. The van der Waals surface area contributed by atoms with Crippen LogP contribution in [0.4, 0.5) is 20.6 Å². The van der Waals surface area contributed by atoms with E-state index in [0.717, 1.165) is 0 Å². The van der Waals surface area contributed by atoms with Crippen molar-refractivity contribution in [3.8, 4) is 11.1 Å². The highest BCUT2D eigenvalue weighted by Crippen LogP contribution is 2.35. The summed E-state index contributed by atoms with van der Waals surface area (Å²) in [6.45, 7) is 10.0. The number of amides is 1. The van der Waals surface area contributed by atoms with E-state index < -0.39 is 23.8 Å². The first-order chi connectivity index (χ1) is 15.9. The van der Waals surface area contributed by atoms with Crippen LogP contribution in [0.25, 0.3) is 11.1 Å². The Morgan fingerprint density at radius 3 is 2.64 bits per heavy atom. The summed E-state index contributed by atoms with van der Waals surface area (Å²) in [6, 6.07) is 9.74. The Bertz CT molecular complexity index is 1030. The molecule has 1 atom stereocenters. The van der Waals surface area contributed by atoms with Gasteiger partial charge in [0.25, 0.3) is 0 Å². The van der Waals surface area contributed by atoms with Gasteiger partial charge in [-0.05, 0) is 54.8 Å². The maximum absolute atomic E-state index is 14.6. The van der Waals surface area contributed by atoms with Gasteiger partial charge < -0.3 is 14.8 Å². The summed E-state index contributed by atoms with van der Waals surface area (Å²) in [6.07, 6.45) is 4.10. The molecule has 2 bridgehead atoms. The summed E-state index contributed by atoms with van der Waals surface area (Å²) in [4.78, 5) is 24.1. The number of halogens is 1. The van der Waals surface area contributed by atoms with E-state index in [4.69, 9.17) is 4.74 Å². The largest absolute Gasteiger partial charge is 0.466 e. The first-order valence-electron chi connectivity index (χ1n) is 11.0. The van der Waals surface area contributed by atoms with Crippen LogP contribution in [0.2, 0.25) is 0 Å². The molecule has 0 saturated carbocycles. The van der Waals surface area contributed by atoms with Gasteiger partial charge in [0.15, 0.2) is 0 Å². The zero-order valence-electron chi connectivity index (χ0n) is 19.5. The van der Waals surface area contributed by atoms with E-state index in [-0.39, 0.29) is 6.61 Å². The number of anilines is 2. The van der Waals surface area contributed by atoms with Crippen molar-refractivity contribution in [2.45, 2.75) is 39.5 Å². The third-order valence-electron chi connectivity index (χ3n) is 4.87. The van der Waals surface area contributed by atoms with E-state index >= 15 is 0 Å². The number of hydrogen-bond acceptors (Lipinski definition) is 5. The van der Waals surface area contributed by atoms with Crippen LogP contribution in [0, 0.1) is 5.82 Å². The second kappa shape index (κ2) is 12.4. The highest BCUT2D eigenvalue weighted by atomic mass is 19.1. The fourth-order valence-electron chi connectivity index (χ4n) is 3.43. The summed E-state index contributed by atoms with van der Waals surface area (Å²) in [5.41, 5.74) is 3.68. The molecule has 176 valence electrons. The number of carbonyl (C=O) groups is 2. The topological polar surface area (TPSA) is 76.7 Å². The van der Waals surface area contributed by atoms with Crippen LogP contribution in [-0.2, 0) is 14.3 Å². The van der Waals surface area contributed by atoms with Gasteiger partial charge in [0.1, 0.15) is 5.82 Å². The molecule has 2 aromatic carbocycles. The van der Waals surface area contributed by atoms with Gasteiger partial charge in [-0.3, -0.25) is 10.1 Å². The van der Waals surface area contributed by atoms with Gasteiger partial charge in [0, 0.05) is 29.1 Å². The highest BCUT2D eigenvalue weighted by molar-refractivity contribution is 5.89. The third-order valence-corrected chi connectivity index (χ3v) is 4.87. The van der Waals surface area contributed by atoms with Gasteiger partial charge in [-0.25, -0.2) is 9.18 Å². The van der Waals surface area contributed by atoms with Crippen LogP contribution in [0.15, 0.2) is 60.8 Å². The Balaban J connectivity index is 0.00000187. The predicted octanol–water partition coefficient (Wildman–Crippen LogP) is 6.62. The van der Waals surface area contributed by atoms with Gasteiger partial charge in [-0.2, -0.15) is 0 Å². The zero-order chi connectivity index (χ0) is 24.4. The van der Waals surface area contributed by atoms with Crippen LogP contribution < -0.4 is 10.6 Å². The van der Waals surface area contributed by atoms with Crippen molar-refractivity contribution in [2.24, 2.45) is 0 Å². The summed E-state index contributed by atoms with van der Waals surface area (Å²) in [5.74, 6) is -1.46. The number of methoxy groups -OCH3 is 1. The number of carbonyl (C=O) groups excluding carboxylic acids is 2. The number of benzene rings is 2. The molecule has 1 heterocycles. The lowest BCUT2D eigenvalue weighted by Gasteiger charge is -2.19. The van der Waals surface area contributed by atoms with E-state index in [1.807, 2.05) is 26.0 Å². The lowest BCUT2D eigenvalue weighted by atomic mass is 9.91. The normalized spacial score (nSPS) is 15.8. The standard InChI is InChI=1S/C24H25FN2O4.C2H6/c1-4-31-23(28)21-8-6-5-7-15(2)26-22-14-19(27-24(29)30-3)9-10-20(22)16-11-17(21)13-18(25)12-16;1-2/h5-6,9-14,21,26H,2,4,7-8H2,1,3H3,(H,27,29);1-2H3/b6-5+;. The maximum Gasteiger partial charge on any atom is 0.411 e. The molecular weight excluding hydrogens is 423 g/mol. The molecule has 1 amide bonds. The fourth-order valence-corrected chi connectivity index (χ4v) is 3.43. The summed E-state index contributed by atoms with van der Waals surface area (Å²) in [7, 11) is 1.28. The lowest BCUT2D eigenvalue weighted by molar-refractivity contribution is -0.144. The Morgan fingerprint density at radius 2 is 1.94 bits per heavy atom. The van der Waals surface area contributed by atoms with Crippen molar-refractivity contribution in [2.75, 3.05) is 24.4 Å². The van der Waals surface area contributed by atoms with Crippen molar-refractivity contribution < 1.29 is 23.5 Å². The minimum atomic E-state index is -0.616. The Hall–Kier alpha value is -3.61. The molecule has 7 heteroatoms. The number of allylic oxidation sites excluding steroid dienone is 2. The SMILES string of the molecule is C=C1C/C=C/CC(C(=O)OCC)c2cc(F)cc(c2)-c2ccc(NC(=O)OC)cc2N1.CC. The molecule has 0 fully saturated rings. The molecule has 2 aromatic rings. The zero-order valence-corrected chi connectivity index (χ0v) is 19.5. The minimum absolute atomic E-state index is 0.251. The molecule has 3 rings (SSSR count). The Kier molecular flexibility index (Phi) is 9.66. The molecule has 0 radical (unpaired) electrons. The number of nitrogens with one attached hydrogen (secondary N) is 2. The molecule has 1 aliphatic heterocycles. The van der Waals surface area contributed by atoms with Gasteiger partial charge in [0.05, 0.1) is 19.6 Å². The van der Waals surface area contributed by atoms with E-state index in [0.29, 0.717) is 46.6 Å². The first kappa shape index (κ1) is 25.6. The molecule has 1 unspecified atom stereocenters. The molecule has 2 N–H and O–H groups in total. The van der Waals surface area contributed by atoms with Crippen molar-refractivity contribution in [3.05, 3.63) is 72.2 Å². The number of rotatable bonds is 3. The molecular formula is C26H31FN2O4. The van der Waals surface area contributed by atoms with Crippen molar-refractivity contribution in [1.29, 1.82) is 0 Å². The second-order valence-electron chi connectivity index (χ2n) is 7.09. The summed E-state index contributed by atoms with van der Waals surface area (Å²) >= 11 is 0. The van der Waals surface area contributed by atoms with E-state index in [1.165, 1.54) is 19.2 Å². The van der Waals surface area contributed by atoms with Crippen molar-refractivity contribution in [1.82, 2.24) is 0 Å². The van der Waals surface area contributed by atoms with Crippen LogP contribution in [0.3, 0.4) is 0 Å². The monoisotopic (exact) mass is 454 g/mol. The number of esters is 1. The minimum Gasteiger partial charge on any atom is -0.466 e. The van der Waals surface area contributed by atoms with Crippen LogP contribution in [0.1, 0.15) is 45.1 Å². The third kappa shape index (κ3) is 6.94. The quantitative estimate of drug-likeness (QED) is 0.403. The van der Waals surface area contributed by atoms with Crippen LogP contribution in [-0.4, -0.2) is 25.8 Å². The van der Waals surface area contributed by atoms with Crippen LogP contribution in [0.5, 0.6) is 0 Å². The Labute approximate surface area is 194 Å². The number of ether oxygens (including phenoxy) is 2. The molecule has 0 aliphatic carbocycles. The van der Waals surface area contributed by atoms with Crippen LogP contribution >= 0.6 is 0 Å². The molecule has 1 aliphatic rings. The van der Waals surface area contributed by atoms with E-state index in [2.05, 4.69) is 21.9 Å². The first-order valence-corrected chi connectivity index (χ1v) is 11.0. The molecule has 6 nitrogen and oxygen atoms in total. The van der Waals surface area contributed by atoms with Gasteiger partial charge in [0.2, 0.25) is 0 Å². The van der Waals surface area contributed by atoms with Crippen molar-refractivity contribution >= 4 is 23.4 Å². The van der Waals surface area contributed by atoms with Gasteiger partial charge in [-0.15, -0.1) is 0 Å². The van der Waals surface area contributed by atoms with Crippen molar-refractivity contribution in [3.63, 3.8) is 0 Å². The maximum atomic E-state index is 14.6. The molecule has 33 heavy (non-hydrogen) atoms. The second-order valence-corrected chi connectivity index (χ2v) is 7.09. The number of hydrogen-bond donors (Lipinski definition) is 2. The summed E-state index contributed by atoms with van der Waals surface area (Å²) in [5, 5.41) is 5.86. The average molecular weight is 455 g/mol. The Morgan fingerprint density at radius 1 is 1.18 bits per heavy atom. The van der Waals surface area contributed by atoms with Gasteiger partial charge in [-0.1, -0.05) is 38.6 Å². The molecule has 0 spiro atoms. The smallest absolute Gasteiger partial charge is 0.411 e. The lowest BCUT2D eigenvalue weighted by Crippen LogP contribution is -2.16. The van der Waals surface area contributed by atoms with Gasteiger partial charge >= 0.3 is 12.1 Å². The highest BCUT2D eigenvalue weighted by Gasteiger charge is 2.23. The van der Waals surface area contributed by atoms with E-state index in [9.17, 15) is 14.0 Å². The molecule has 0 saturated heterocycles. The predicted molar refractivity (Wildman–Crippen MR) is 130 cm³/mol. The summed E-state index contributed by atoms with van der Waals surface area (Å²) < 4.78 is 24.5.